The van der Waals surface area contributed by atoms with Gasteiger partial charge in [-0.15, -0.1) is 0 Å². The van der Waals surface area contributed by atoms with Gasteiger partial charge in [-0.1, -0.05) is 0 Å². The zero-order valence-corrected chi connectivity index (χ0v) is 7.95. The first kappa shape index (κ1) is 9.26. The Bertz CT molecular complexity index is 230. The van der Waals surface area contributed by atoms with Gasteiger partial charge in [0.15, 0.2) is 0 Å². The summed E-state index contributed by atoms with van der Waals surface area (Å²) in [7, 11) is 0. The van der Waals surface area contributed by atoms with Crippen LogP contribution >= 0.6 is 0 Å². The van der Waals surface area contributed by atoms with Crippen molar-refractivity contribution in [2.45, 2.75) is 33.4 Å². The molecule has 0 aromatic carbocycles. The first-order valence-electron chi connectivity index (χ1n) is 4.34. The molecule has 0 spiro atoms. The van der Waals surface area contributed by atoms with Crippen LogP contribution in [0.4, 0.5) is 0 Å². The van der Waals surface area contributed by atoms with E-state index in [0.717, 1.165) is 12.3 Å². The van der Waals surface area contributed by atoms with E-state index in [1.54, 1.807) is 0 Å². The second kappa shape index (κ2) is 4.26. The zero-order valence-electron chi connectivity index (χ0n) is 7.95. The monoisotopic (exact) mass is 168 g/mol. The van der Waals surface area contributed by atoms with E-state index in [0.29, 0.717) is 12.6 Å². The third kappa shape index (κ3) is 2.34. The van der Waals surface area contributed by atoms with Crippen LogP contribution in [0.15, 0.2) is 12.5 Å². The van der Waals surface area contributed by atoms with Crippen molar-refractivity contribution < 1.29 is 4.74 Å². The molecule has 3 nitrogen and oxygen atoms in total. The lowest BCUT2D eigenvalue weighted by atomic mass is 10.4. The fourth-order valence-electron chi connectivity index (χ4n) is 0.943. The van der Waals surface area contributed by atoms with E-state index in [1.807, 2.05) is 19.4 Å². The molecule has 0 N–H and O–H groups in total. The van der Waals surface area contributed by atoms with E-state index in [1.165, 1.54) is 0 Å². The largest absolute Gasteiger partial charge is 0.375 e. The first-order valence-corrected chi connectivity index (χ1v) is 4.34. The molecule has 0 fully saturated rings. The molecule has 1 aromatic heterocycles. The number of hydrogen-bond acceptors (Lipinski definition) is 2. The third-order valence-electron chi connectivity index (χ3n) is 1.71. The summed E-state index contributed by atoms with van der Waals surface area (Å²) in [5, 5.41) is 0. The second-order valence-corrected chi connectivity index (χ2v) is 3.04. The van der Waals surface area contributed by atoms with Crippen molar-refractivity contribution in [3.05, 3.63) is 18.2 Å². The minimum Gasteiger partial charge on any atom is -0.375 e. The SMILES string of the molecule is CCOCc1cn(C(C)C)cn1. The Labute approximate surface area is 73.4 Å². The highest BCUT2D eigenvalue weighted by Crippen LogP contribution is 2.05. The molecule has 1 heterocycles. The summed E-state index contributed by atoms with van der Waals surface area (Å²) in [5.41, 5.74) is 1.01. The van der Waals surface area contributed by atoms with Gasteiger partial charge in [-0.3, -0.25) is 0 Å². The van der Waals surface area contributed by atoms with Crippen LogP contribution in [0.5, 0.6) is 0 Å². The lowest BCUT2D eigenvalue weighted by Gasteiger charge is -2.03. The van der Waals surface area contributed by atoms with E-state index < -0.39 is 0 Å². The first-order chi connectivity index (χ1) is 5.74. The molecule has 0 saturated carbocycles. The third-order valence-corrected chi connectivity index (χ3v) is 1.71. The fraction of sp³-hybridized carbons (Fsp3) is 0.667. The lowest BCUT2D eigenvalue weighted by Crippen LogP contribution is -1.96. The normalized spacial score (nSPS) is 11.0. The van der Waals surface area contributed by atoms with Gasteiger partial charge in [-0.05, 0) is 20.8 Å². The molecule has 0 aliphatic rings. The van der Waals surface area contributed by atoms with Crippen LogP contribution in [0.3, 0.4) is 0 Å². The van der Waals surface area contributed by atoms with Crippen LogP contribution in [0, 0.1) is 0 Å². The maximum atomic E-state index is 5.24. The van der Waals surface area contributed by atoms with Crippen molar-refractivity contribution in [2.75, 3.05) is 6.61 Å². The summed E-state index contributed by atoms with van der Waals surface area (Å²) in [5.74, 6) is 0. The minimum atomic E-state index is 0.480. The number of imidazole rings is 1. The van der Waals surface area contributed by atoms with E-state index in [4.69, 9.17) is 4.74 Å². The summed E-state index contributed by atoms with van der Waals surface area (Å²) in [6, 6.07) is 0.480. The topological polar surface area (TPSA) is 27.1 Å². The van der Waals surface area contributed by atoms with Gasteiger partial charge in [0.05, 0.1) is 18.6 Å². The Hall–Kier alpha value is -0.830. The average molecular weight is 168 g/mol. The minimum absolute atomic E-state index is 0.480. The molecule has 68 valence electrons. The zero-order chi connectivity index (χ0) is 8.97. The lowest BCUT2D eigenvalue weighted by molar-refractivity contribution is 0.131. The highest BCUT2D eigenvalue weighted by atomic mass is 16.5. The summed E-state index contributed by atoms with van der Waals surface area (Å²) in [4.78, 5) is 4.21. The van der Waals surface area contributed by atoms with Crippen molar-refractivity contribution in [1.29, 1.82) is 0 Å². The van der Waals surface area contributed by atoms with Gasteiger partial charge in [-0.2, -0.15) is 0 Å². The Kier molecular flexibility index (Phi) is 3.29. The molecule has 0 atom stereocenters. The van der Waals surface area contributed by atoms with E-state index >= 15 is 0 Å². The number of rotatable bonds is 4. The average Bonchev–Trinajstić information content (AvgIpc) is 2.48. The Morgan fingerprint density at radius 1 is 1.58 bits per heavy atom. The van der Waals surface area contributed by atoms with Crippen LogP contribution in [-0.4, -0.2) is 16.2 Å². The molecule has 3 heteroatoms. The van der Waals surface area contributed by atoms with Gasteiger partial charge in [0.2, 0.25) is 0 Å². The van der Waals surface area contributed by atoms with E-state index in [2.05, 4.69) is 23.4 Å². The molecule has 0 bridgehead atoms. The van der Waals surface area contributed by atoms with Crippen LogP contribution in [-0.2, 0) is 11.3 Å². The molecule has 0 amide bonds. The van der Waals surface area contributed by atoms with Crippen LogP contribution in [0.1, 0.15) is 32.5 Å². The summed E-state index contributed by atoms with van der Waals surface area (Å²) in [6.45, 7) is 7.61. The number of ether oxygens (including phenoxy) is 1. The quantitative estimate of drug-likeness (QED) is 0.687. The van der Waals surface area contributed by atoms with Gasteiger partial charge >= 0.3 is 0 Å². The molecule has 1 rings (SSSR count). The van der Waals surface area contributed by atoms with Crippen molar-refractivity contribution in [2.24, 2.45) is 0 Å². The number of aromatic nitrogens is 2. The number of hydrogen-bond donors (Lipinski definition) is 0. The van der Waals surface area contributed by atoms with Gasteiger partial charge < -0.3 is 9.30 Å². The Balaban J connectivity index is 2.52. The molecule has 0 aliphatic carbocycles. The molecule has 0 unspecified atom stereocenters. The Morgan fingerprint density at radius 3 is 2.83 bits per heavy atom. The number of nitrogens with zero attached hydrogens (tertiary/aromatic N) is 2. The van der Waals surface area contributed by atoms with Crippen LogP contribution in [0.2, 0.25) is 0 Å². The second-order valence-electron chi connectivity index (χ2n) is 3.04. The molecule has 1 aromatic rings. The van der Waals surface area contributed by atoms with Crippen molar-refractivity contribution in [3.8, 4) is 0 Å². The van der Waals surface area contributed by atoms with Crippen molar-refractivity contribution >= 4 is 0 Å². The van der Waals surface area contributed by atoms with E-state index in [-0.39, 0.29) is 0 Å². The smallest absolute Gasteiger partial charge is 0.0952 e. The predicted molar refractivity (Wildman–Crippen MR) is 47.9 cm³/mol. The van der Waals surface area contributed by atoms with Gasteiger partial charge in [0.25, 0.3) is 0 Å². The molecule has 12 heavy (non-hydrogen) atoms. The molecular formula is C9H16N2O. The summed E-state index contributed by atoms with van der Waals surface area (Å²) >= 11 is 0. The van der Waals surface area contributed by atoms with Gasteiger partial charge in [0, 0.05) is 18.8 Å². The predicted octanol–water partition coefficient (Wildman–Crippen LogP) is 2.00. The van der Waals surface area contributed by atoms with Crippen LogP contribution in [0.25, 0.3) is 0 Å². The fourth-order valence-corrected chi connectivity index (χ4v) is 0.943. The van der Waals surface area contributed by atoms with Crippen molar-refractivity contribution in [1.82, 2.24) is 9.55 Å². The molecule has 0 radical (unpaired) electrons. The molecule has 0 saturated heterocycles. The van der Waals surface area contributed by atoms with Crippen LogP contribution < -0.4 is 0 Å². The summed E-state index contributed by atoms with van der Waals surface area (Å²) in [6.07, 6.45) is 3.87. The maximum Gasteiger partial charge on any atom is 0.0952 e. The van der Waals surface area contributed by atoms with Crippen molar-refractivity contribution in [3.63, 3.8) is 0 Å². The van der Waals surface area contributed by atoms with Gasteiger partial charge in [0.1, 0.15) is 0 Å². The Morgan fingerprint density at radius 2 is 2.33 bits per heavy atom. The standard InChI is InChI=1S/C9H16N2O/c1-4-12-6-9-5-11(7-10-9)8(2)3/h5,7-8H,4,6H2,1-3H3. The van der Waals surface area contributed by atoms with Gasteiger partial charge in [-0.25, -0.2) is 4.98 Å². The highest BCUT2D eigenvalue weighted by molar-refractivity contribution is 4.95. The summed E-state index contributed by atoms with van der Waals surface area (Å²) < 4.78 is 7.31. The maximum absolute atomic E-state index is 5.24. The van der Waals surface area contributed by atoms with E-state index in [9.17, 15) is 0 Å². The molecular weight excluding hydrogens is 152 g/mol. The molecule has 0 aliphatic heterocycles. The highest BCUT2D eigenvalue weighted by Gasteiger charge is 2.00.